The van der Waals surface area contributed by atoms with Crippen molar-refractivity contribution in [1.29, 1.82) is 0 Å². The summed E-state index contributed by atoms with van der Waals surface area (Å²) in [5.74, 6) is 0.634. The first-order valence-electron chi connectivity index (χ1n) is 6.72. The van der Waals surface area contributed by atoms with Gasteiger partial charge < -0.3 is 10.1 Å². The van der Waals surface area contributed by atoms with Crippen molar-refractivity contribution in [2.45, 2.75) is 6.42 Å². The number of nitrogens with one attached hydrogen (secondary N) is 1. The van der Waals surface area contributed by atoms with Gasteiger partial charge in [-0.15, -0.1) is 0 Å². The molecule has 1 heterocycles. The molecule has 0 atom stereocenters. The number of hydrogen-bond acceptors (Lipinski definition) is 5. The number of non-ortho nitro benzene ring substituents is 1. The molecule has 1 aromatic heterocycles. The summed E-state index contributed by atoms with van der Waals surface area (Å²) >= 11 is 0. The normalized spacial score (nSPS) is 10.3. The van der Waals surface area contributed by atoms with E-state index < -0.39 is 4.92 Å². The zero-order valence-electron chi connectivity index (χ0n) is 11.6. The van der Waals surface area contributed by atoms with Gasteiger partial charge in [0.1, 0.15) is 12.4 Å². The van der Waals surface area contributed by atoms with Crippen molar-refractivity contribution in [1.82, 2.24) is 10.3 Å². The number of hydrogen-bond donors (Lipinski definition) is 1. The second kappa shape index (κ2) is 7.96. The van der Waals surface area contributed by atoms with Crippen LogP contribution in [0.4, 0.5) is 5.69 Å². The number of benzene rings is 1. The second-order valence-electron chi connectivity index (χ2n) is 4.46. The van der Waals surface area contributed by atoms with Gasteiger partial charge in [0.2, 0.25) is 0 Å². The van der Waals surface area contributed by atoms with Gasteiger partial charge in [0, 0.05) is 31.1 Å². The molecule has 21 heavy (non-hydrogen) atoms. The summed E-state index contributed by atoms with van der Waals surface area (Å²) < 4.78 is 5.50. The molecule has 6 nitrogen and oxygen atoms in total. The summed E-state index contributed by atoms with van der Waals surface area (Å²) in [6.45, 7) is 2.09. The first-order chi connectivity index (χ1) is 10.3. The maximum Gasteiger partial charge on any atom is 0.269 e. The number of nitro benzene ring substituents is 1. The summed E-state index contributed by atoms with van der Waals surface area (Å²) in [5.41, 5.74) is 1.26. The lowest BCUT2D eigenvalue weighted by molar-refractivity contribution is -0.384. The van der Waals surface area contributed by atoms with Gasteiger partial charge in [-0.2, -0.15) is 0 Å². The van der Waals surface area contributed by atoms with Gasteiger partial charge in [0.15, 0.2) is 0 Å². The molecule has 110 valence electrons. The van der Waals surface area contributed by atoms with Crippen molar-refractivity contribution in [2.24, 2.45) is 0 Å². The molecule has 0 saturated heterocycles. The van der Waals surface area contributed by atoms with Crippen LogP contribution in [0.3, 0.4) is 0 Å². The Labute approximate surface area is 122 Å². The lowest BCUT2D eigenvalue weighted by atomic mass is 10.2. The predicted molar refractivity (Wildman–Crippen MR) is 79.4 cm³/mol. The lowest BCUT2D eigenvalue weighted by Crippen LogP contribution is -2.23. The van der Waals surface area contributed by atoms with Crippen LogP contribution in [0.1, 0.15) is 5.56 Å². The molecule has 0 unspecified atom stereocenters. The molecule has 0 aliphatic carbocycles. The molecule has 0 aliphatic heterocycles. The fourth-order valence-electron chi connectivity index (χ4n) is 1.81. The minimum absolute atomic E-state index is 0.0666. The molecule has 2 aromatic rings. The van der Waals surface area contributed by atoms with E-state index in [1.165, 1.54) is 17.7 Å². The van der Waals surface area contributed by atoms with Gasteiger partial charge in [-0.1, -0.05) is 6.07 Å². The largest absolute Gasteiger partial charge is 0.492 e. The van der Waals surface area contributed by atoms with Crippen molar-refractivity contribution in [3.05, 3.63) is 64.5 Å². The Morgan fingerprint density at radius 3 is 2.67 bits per heavy atom. The third-order valence-corrected chi connectivity index (χ3v) is 2.91. The maximum absolute atomic E-state index is 10.5. The van der Waals surface area contributed by atoms with Gasteiger partial charge >= 0.3 is 0 Å². The first kappa shape index (κ1) is 14.9. The van der Waals surface area contributed by atoms with Crippen LogP contribution < -0.4 is 10.1 Å². The highest BCUT2D eigenvalue weighted by molar-refractivity contribution is 5.35. The zero-order chi connectivity index (χ0) is 14.9. The highest BCUT2D eigenvalue weighted by Crippen LogP contribution is 2.16. The van der Waals surface area contributed by atoms with Crippen molar-refractivity contribution in [3.8, 4) is 5.75 Å². The van der Waals surface area contributed by atoms with Crippen LogP contribution in [-0.2, 0) is 6.42 Å². The van der Waals surface area contributed by atoms with Gasteiger partial charge in [-0.25, -0.2) is 0 Å². The standard InChI is InChI=1S/C15H17N3O3/c19-18(20)14-3-5-15(6-4-14)21-11-10-16-9-7-13-2-1-8-17-12-13/h1-6,8,12,16H,7,9-11H2. The van der Waals surface area contributed by atoms with E-state index in [1.807, 2.05) is 18.3 Å². The van der Waals surface area contributed by atoms with Crippen LogP contribution in [-0.4, -0.2) is 29.6 Å². The Bertz CT molecular complexity index is 558. The number of nitro groups is 1. The summed E-state index contributed by atoms with van der Waals surface area (Å²) in [6.07, 6.45) is 4.54. The predicted octanol–water partition coefficient (Wildman–Crippen LogP) is 2.20. The highest BCUT2D eigenvalue weighted by Gasteiger charge is 2.03. The molecule has 0 saturated carbocycles. The van der Waals surface area contributed by atoms with E-state index in [1.54, 1.807) is 18.3 Å². The lowest BCUT2D eigenvalue weighted by Gasteiger charge is -2.07. The third-order valence-electron chi connectivity index (χ3n) is 2.91. The average molecular weight is 287 g/mol. The number of ether oxygens (including phenoxy) is 1. The molecular weight excluding hydrogens is 270 g/mol. The van der Waals surface area contributed by atoms with E-state index in [0.29, 0.717) is 12.4 Å². The Balaban J connectivity index is 1.60. The highest BCUT2D eigenvalue weighted by atomic mass is 16.6. The smallest absolute Gasteiger partial charge is 0.269 e. The van der Waals surface area contributed by atoms with E-state index >= 15 is 0 Å². The molecule has 0 bridgehead atoms. The van der Waals surface area contributed by atoms with E-state index in [-0.39, 0.29) is 5.69 Å². The molecule has 0 spiro atoms. The zero-order valence-corrected chi connectivity index (χ0v) is 11.6. The molecule has 2 rings (SSSR count). The molecule has 0 fully saturated rings. The van der Waals surface area contributed by atoms with Crippen molar-refractivity contribution in [2.75, 3.05) is 19.7 Å². The van der Waals surface area contributed by atoms with Crippen LogP contribution in [0.5, 0.6) is 5.75 Å². The van der Waals surface area contributed by atoms with Gasteiger partial charge in [-0.05, 0) is 36.7 Å². The first-order valence-corrected chi connectivity index (χ1v) is 6.72. The molecule has 0 radical (unpaired) electrons. The molecular formula is C15H17N3O3. The Hall–Kier alpha value is -2.47. The summed E-state index contributed by atoms with van der Waals surface area (Å²) in [7, 11) is 0. The van der Waals surface area contributed by atoms with Crippen LogP contribution in [0.2, 0.25) is 0 Å². The monoisotopic (exact) mass is 287 g/mol. The van der Waals surface area contributed by atoms with E-state index in [4.69, 9.17) is 4.74 Å². The molecule has 1 aromatic carbocycles. The SMILES string of the molecule is O=[N+]([O-])c1ccc(OCCNCCc2cccnc2)cc1. The minimum Gasteiger partial charge on any atom is -0.492 e. The fraction of sp³-hybridized carbons (Fsp3) is 0.267. The molecule has 0 aliphatic rings. The molecule has 0 amide bonds. The second-order valence-corrected chi connectivity index (χ2v) is 4.46. The number of aromatic nitrogens is 1. The quantitative estimate of drug-likeness (QED) is 0.457. The fourth-order valence-corrected chi connectivity index (χ4v) is 1.81. The minimum atomic E-state index is -0.427. The Morgan fingerprint density at radius 2 is 2.00 bits per heavy atom. The van der Waals surface area contributed by atoms with Gasteiger partial charge in [0.25, 0.3) is 5.69 Å². The van der Waals surface area contributed by atoms with Gasteiger partial charge in [0.05, 0.1) is 4.92 Å². The van der Waals surface area contributed by atoms with Crippen molar-refractivity contribution >= 4 is 5.69 Å². The van der Waals surface area contributed by atoms with Crippen LogP contribution in [0.25, 0.3) is 0 Å². The number of nitrogens with zero attached hydrogens (tertiary/aromatic N) is 2. The summed E-state index contributed by atoms with van der Waals surface area (Å²) in [4.78, 5) is 14.1. The van der Waals surface area contributed by atoms with E-state index in [2.05, 4.69) is 10.3 Å². The number of rotatable bonds is 8. The van der Waals surface area contributed by atoms with Crippen LogP contribution in [0, 0.1) is 10.1 Å². The molecule has 1 N–H and O–H groups in total. The van der Waals surface area contributed by atoms with Crippen molar-refractivity contribution in [3.63, 3.8) is 0 Å². The van der Waals surface area contributed by atoms with Crippen LogP contribution >= 0.6 is 0 Å². The Kier molecular flexibility index (Phi) is 5.66. The van der Waals surface area contributed by atoms with Gasteiger partial charge in [-0.3, -0.25) is 15.1 Å². The third kappa shape index (κ3) is 5.19. The topological polar surface area (TPSA) is 77.3 Å². The van der Waals surface area contributed by atoms with E-state index in [9.17, 15) is 10.1 Å². The summed E-state index contributed by atoms with van der Waals surface area (Å²) in [5, 5.41) is 13.8. The van der Waals surface area contributed by atoms with Crippen molar-refractivity contribution < 1.29 is 9.66 Å². The summed E-state index contributed by atoms with van der Waals surface area (Å²) in [6, 6.07) is 10.0. The van der Waals surface area contributed by atoms with E-state index in [0.717, 1.165) is 19.5 Å². The Morgan fingerprint density at radius 1 is 1.19 bits per heavy atom. The maximum atomic E-state index is 10.5. The average Bonchev–Trinajstić information content (AvgIpc) is 2.52. The molecule has 6 heteroatoms. The van der Waals surface area contributed by atoms with Crippen LogP contribution in [0.15, 0.2) is 48.8 Å². The number of pyridine rings is 1.